The Hall–Kier alpha value is -2.15. The smallest absolute Gasteiger partial charge is 0.323 e. The van der Waals surface area contributed by atoms with Crippen LogP contribution in [0.1, 0.15) is 5.56 Å². The van der Waals surface area contributed by atoms with Gasteiger partial charge in [0.1, 0.15) is 6.54 Å². The van der Waals surface area contributed by atoms with E-state index in [0.29, 0.717) is 24.3 Å². The standard InChI is InChI=1S/C13H19N3O4/c1-10-8-11(4-5-12(10)16(19)20)15(9-13(17)18)7-6-14(2)3/h4-5,8H,6-7,9H2,1-3H3,(H,17,18). The van der Waals surface area contributed by atoms with Gasteiger partial charge in [-0.15, -0.1) is 0 Å². The molecule has 0 aromatic heterocycles. The number of aryl methyl sites for hydroxylation is 1. The number of hydrogen-bond acceptors (Lipinski definition) is 5. The van der Waals surface area contributed by atoms with E-state index < -0.39 is 10.9 Å². The van der Waals surface area contributed by atoms with Crippen LogP contribution in [0.4, 0.5) is 11.4 Å². The molecular formula is C13H19N3O4. The minimum absolute atomic E-state index is 0.0386. The summed E-state index contributed by atoms with van der Waals surface area (Å²) in [5.74, 6) is -0.931. The van der Waals surface area contributed by atoms with Gasteiger partial charge in [-0.25, -0.2) is 0 Å². The van der Waals surface area contributed by atoms with E-state index in [9.17, 15) is 14.9 Å². The van der Waals surface area contributed by atoms with Crippen LogP contribution in [0.2, 0.25) is 0 Å². The summed E-state index contributed by atoms with van der Waals surface area (Å²) in [6, 6.07) is 4.65. The van der Waals surface area contributed by atoms with Gasteiger partial charge in [0.05, 0.1) is 4.92 Å². The van der Waals surface area contributed by atoms with E-state index in [1.165, 1.54) is 6.07 Å². The van der Waals surface area contributed by atoms with Gasteiger partial charge in [0.15, 0.2) is 0 Å². The van der Waals surface area contributed by atoms with Gasteiger partial charge in [-0.2, -0.15) is 0 Å². The lowest BCUT2D eigenvalue weighted by Crippen LogP contribution is -2.35. The van der Waals surface area contributed by atoms with Gasteiger partial charge in [0.25, 0.3) is 5.69 Å². The molecule has 1 aromatic rings. The highest BCUT2D eigenvalue weighted by Gasteiger charge is 2.15. The number of aliphatic carboxylic acids is 1. The fourth-order valence-electron chi connectivity index (χ4n) is 1.82. The first-order valence-corrected chi connectivity index (χ1v) is 6.17. The molecule has 1 rings (SSSR count). The zero-order valence-electron chi connectivity index (χ0n) is 11.9. The van der Waals surface area contributed by atoms with Gasteiger partial charge in [0, 0.05) is 30.4 Å². The number of anilines is 1. The maximum absolute atomic E-state index is 10.9. The van der Waals surface area contributed by atoms with Crippen LogP contribution in [0.25, 0.3) is 0 Å². The molecule has 0 radical (unpaired) electrons. The van der Waals surface area contributed by atoms with Gasteiger partial charge in [0.2, 0.25) is 0 Å². The van der Waals surface area contributed by atoms with Crippen LogP contribution in [0.5, 0.6) is 0 Å². The van der Waals surface area contributed by atoms with Gasteiger partial charge in [-0.1, -0.05) is 0 Å². The average molecular weight is 281 g/mol. The molecule has 1 aromatic carbocycles. The van der Waals surface area contributed by atoms with E-state index in [0.717, 1.165) is 0 Å². The van der Waals surface area contributed by atoms with Gasteiger partial charge < -0.3 is 14.9 Å². The van der Waals surface area contributed by atoms with Crippen molar-refractivity contribution in [1.29, 1.82) is 0 Å². The number of rotatable bonds is 7. The van der Waals surface area contributed by atoms with Crippen LogP contribution < -0.4 is 4.90 Å². The van der Waals surface area contributed by atoms with Crippen molar-refractivity contribution in [2.75, 3.05) is 38.6 Å². The number of nitrogens with zero attached hydrogens (tertiary/aromatic N) is 3. The first-order chi connectivity index (χ1) is 9.31. The second-order valence-corrected chi connectivity index (χ2v) is 4.85. The molecule has 110 valence electrons. The Morgan fingerprint density at radius 3 is 2.45 bits per heavy atom. The summed E-state index contributed by atoms with van der Waals surface area (Å²) in [5.41, 5.74) is 1.24. The number of nitro groups is 1. The summed E-state index contributed by atoms with van der Waals surface area (Å²) in [6.07, 6.45) is 0. The summed E-state index contributed by atoms with van der Waals surface area (Å²) >= 11 is 0. The van der Waals surface area contributed by atoms with Gasteiger partial charge in [-0.05, 0) is 33.2 Å². The fourth-order valence-corrected chi connectivity index (χ4v) is 1.82. The van der Waals surface area contributed by atoms with E-state index in [4.69, 9.17) is 5.11 Å². The van der Waals surface area contributed by atoms with E-state index in [2.05, 4.69) is 0 Å². The number of likely N-dealkylation sites (N-methyl/N-ethyl adjacent to an activating group) is 1. The van der Waals surface area contributed by atoms with E-state index in [1.807, 2.05) is 19.0 Å². The van der Waals surface area contributed by atoms with Crippen molar-refractivity contribution in [3.8, 4) is 0 Å². The summed E-state index contributed by atoms with van der Waals surface area (Å²) in [7, 11) is 3.81. The van der Waals surface area contributed by atoms with Crippen LogP contribution in [0, 0.1) is 17.0 Å². The quantitative estimate of drug-likeness (QED) is 0.599. The highest BCUT2D eigenvalue weighted by molar-refractivity contribution is 5.74. The topological polar surface area (TPSA) is 86.9 Å². The molecule has 0 aliphatic rings. The van der Waals surface area contributed by atoms with Crippen LogP contribution in [-0.4, -0.2) is 54.6 Å². The molecular weight excluding hydrogens is 262 g/mol. The largest absolute Gasteiger partial charge is 0.480 e. The number of carboxylic acids is 1. The Balaban J connectivity index is 2.97. The lowest BCUT2D eigenvalue weighted by molar-refractivity contribution is -0.385. The Morgan fingerprint density at radius 1 is 1.35 bits per heavy atom. The number of carbonyl (C=O) groups is 1. The van der Waals surface area contributed by atoms with Gasteiger partial charge in [-0.3, -0.25) is 14.9 Å². The zero-order chi connectivity index (χ0) is 15.3. The second kappa shape index (κ2) is 6.85. The number of carboxylic acid groups (broad SMARTS) is 1. The molecule has 0 unspecified atom stereocenters. The summed E-state index contributed by atoms with van der Waals surface area (Å²) < 4.78 is 0. The van der Waals surface area contributed by atoms with Crippen molar-refractivity contribution in [2.24, 2.45) is 0 Å². The minimum atomic E-state index is -0.931. The lowest BCUT2D eigenvalue weighted by atomic mass is 10.1. The summed E-state index contributed by atoms with van der Waals surface area (Å²) in [6.45, 7) is 2.75. The van der Waals surface area contributed by atoms with Crippen LogP contribution >= 0.6 is 0 Å². The third kappa shape index (κ3) is 4.51. The predicted octanol–water partition coefficient (Wildman–Crippen LogP) is 1.36. The molecule has 0 aliphatic carbocycles. The Morgan fingerprint density at radius 2 is 2.00 bits per heavy atom. The van der Waals surface area contributed by atoms with Crippen molar-refractivity contribution in [3.63, 3.8) is 0 Å². The molecule has 1 N–H and O–H groups in total. The Labute approximate surface area is 117 Å². The number of nitro benzene ring substituents is 1. The molecule has 0 fully saturated rings. The van der Waals surface area contributed by atoms with E-state index >= 15 is 0 Å². The number of benzene rings is 1. The third-order valence-electron chi connectivity index (χ3n) is 2.89. The van der Waals surface area contributed by atoms with E-state index in [-0.39, 0.29) is 12.2 Å². The van der Waals surface area contributed by atoms with Crippen LogP contribution in [-0.2, 0) is 4.79 Å². The van der Waals surface area contributed by atoms with Crippen molar-refractivity contribution in [2.45, 2.75) is 6.92 Å². The summed E-state index contributed by atoms with van der Waals surface area (Å²) in [4.78, 5) is 24.9. The molecule has 20 heavy (non-hydrogen) atoms. The van der Waals surface area contributed by atoms with Crippen molar-refractivity contribution < 1.29 is 14.8 Å². The normalized spacial score (nSPS) is 10.6. The Bertz CT molecular complexity index is 502. The fraction of sp³-hybridized carbons (Fsp3) is 0.462. The molecule has 0 spiro atoms. The minimum Gasteiger partial charge on any atom is -0.480 e. The molecule has 0 heterocycles. The third-order valence-corrected chi connectivity index (χ3v) is 2.89. The first-order valence-electron chi connectivity index (χ1n) is 6.17. The monoisotopic (exact) mass is 281 g/mol. The Kier molecular flexibility index (Phi) is 5.45. The van der Waals surface area contributed by atoms with Crippen LogP contribution in [0.3, 0.4) is 0 Å². The molecule has 7 heteroatoms. The average Bonchev–Trinajstić information content (AvgIpc) is 2.33. The van der Waals surface area contributed by atoms with Crippen LogP contribution in [0.15, 0.2) is 18.2 Å². The van der Waals surface area contributed by atoms with Gasteiger partial charge >= 0.3 is 5.97 Å². The molecule has 0 amide bonds. The predicted molar refractivity (Wildman–Crippen MR) is 76.2 cm³/mol. The maximum atomic E-state index is 10.9. The zero-order valence-corrected chi connectivity index (χ0v) is 11.9. The molecule has 0 saturated heterocycles. The van der Waals surface area contributed by atoms with Crippen molar-refractivity contribution in [1.82, 2.24) is 4.90 Å². The maximum Gasteiger partial charge on any atom is 0.323 e. The highest BCUT2D eigenvalue weighted by Crippen LogP contribution is 2.24. The number of hydrogen-bond donors (Lipinski definition) is 1. The highest BCUT2D eigenvalue weighted by atomic mass is 16.6. The molecule has 7 nitrogen and oxygen atoms in total. The van der Waals surface area contributed by atoms with E-state index in [1.54, 1.807) is 24.0 Å². The SMILES string of the molecule is Cc1cc(N(CCN(C)C)CC(=O)O)ccc1[N+](=O)[O-]. The molecule has 0 aliphatic heterocycles. The summed E-state index contributed by atoms with van der Waals surface area (Å²) in [5, 5.41) is 19.7. The lowest BCUT2D eigenvalue weighted by Gasteiger charge is -2.24. The molecule has 0 atom stereocenters. The molecule has 0 bridgehead atoms. The molecule has 0 saturated carbocycles. The second-order valence-electron chi connectivity index (χ2n) is 4.85. The van der Waals surface area contributed by atoms with Crippen molar-refractivity contribution in [3.05, 3.63) is 33.9 Å². The first kappa shape index (κ1) is 15.9. The van der Waals surface area contributed by atoms with Crippen molar-refractivity contribution >= 4 is 17.3 Å².